The van der Waals surface area contributed by atoms with Crippen LogP contribution in [0.15, 0.2) is 55.1 Å². The molecule has 0 atom stereocenters. The van der Waals surface area contributed by atoms with Gasteiger partial charge in [0.1, 0.15) is 5.75 Å². The molecule has 0 aromatic heterocycles. The highest BCUT2D eigenvalue weighted by molar-refractivity contribution is 5.95. The molecule has 0 aliphatic rings. The zero-order chi connectivity index (χ0) is 28.7. The second-order valence-corrected chi connectivity index (χ2v) is 10.7. The van der Waals surface area contributed by atoms with Crippen LogP contribution in [0.25, 0.3) is 0 Å². The molecule has 0 radical (unpaired) electrons. The van der Waals surface area contributed by atoms with Gasteiger partial charge in [0.15, 0.2) is 23.8 Å². The molecular formula is C33H49N2O4+. The van der Waals surface area contributed by atoms with Crippen molar-refractivity contribution in [2.45, 2.75) is 65.7 Å². The van der Waals surface area contributed by atoms with E-state index in [9.17, 15) is 9.59 Å². The molecular weight excluding hydrogens is 488 g/mol. The Morgan fingerprint density at radius 3 is 2.21 bits per heavy atom. The first-order valence-corrected chi connectivity index (χ1v) is 14.5. The smallest absolute Gasteiger partial charge is 0.277 e. The van der Waals surface area contributed by atoms with Gasteiger partial charge in [-0.1, -0.05) is 51.8 Å². The summed E-state index contributed by atoms with van der Waals surface area (Å²) in [6, 6.07) is 13.1. The average Bonchev–Trinajstić information content (AvgIpc) is 2.92. The number of unbranched alkanes of at least 4 members (excludes halogenated alkanes) is 2. The normalized spacial score (nSPS) is 11.2. The van der Waals surface area contributed by atoms with Crippen molar-refractivity contribution in [1.29, 1.82) is 0 Å². The summed E-state index contributed by atoms with van der Waals surface area (Å²) in [5, 5.41) is 0. The van der Waals surface area contributed by atoms with Gasteiger partial charge in [0.25, 0.3) is 5.91 Å². The van der Waals surface area contributed by atoms with Crippen LogP contribution in [-0.2, 0) is 11.2 Å². The molecule has 0 N–H and O–H groups in total. The Morgan fingerprint density at radius 2 is 1.62 bits per heavy atom. The Balaban J connectivity index is 2.02. The van der Waals surface area contributed by atoms with Gasteiger partial charge < -0.3 is 18.9 Å². The number of nitrogens with zero attached hydrogens (tertiary/aromatic N) is 2. The van der Waals surface area contributed by atoms with Gasteiger partial charge in [-0.15, -0.1) is 6.58 Å². The zero-order valence-electron chi connectivity index (χ0n) is 24.8. The van der Waals surface area contributed by atoms with E-state index in [0.29, 0.717) is 53.3 Å². The lowest BCUT2D eigenvalue weighted by Gasteiger charge is -2.32. The standard InChI is InChI=1S/C33H49N2O4/c1-7-11-22-34(23-12-8-2)32(37)26-35(5,6)24-14-25-38-33-28(15-9-3)16-13-17-31(33)39-29-20-18-27(19-21-29)30(36)10-4/h9,13,16-21H,3,7-8,10-12,14-15,22-26H2,1-2,4-6H3/q+1. The molecule has 0 aliphatic carbocycles. The van der Waals surface area contributed by atoms with E-state index in [2.05, 4.69) is 34.5 Å². The topological polar surface area (TPSA) is 55.8 Å². The van der Waals surface area contributed by atoms with E-state index in [-0.39, 0.29) is 11.7 Å². The van der Waals surface area contributed by atoms with Crippen LogP contribution in [0.5, 0.6) is 17.2 Å². The van der Waals surface area contributed by atoms with Crippen molar-refractivity contribution in [1.82, 2.24) is 4.90 Å². The largest absolute Gasteiger partial charge is 0.489 e. The highest BCUT2D eigenvalue weighted by Gasteiger charge is 2.24. The summed E-state index contributed by atoms with van der Waals surface area (Å²) >= 11 is 0. The van der Waals surface area contributed by atoms with Crippen LogP contribution < -0.4 is 9.47 Å². The molecule has 6 nitrogen and oxygen atoms in total. The van der Waals surface area contributed by atoms with Crippen LogP contribution in [0.1, 0.15) is 75.2 Å². The number of rotatable bonds is 19. The summed E-state index contributed by atoms with van der Waals surface area (Å²) in [5.74, 6) is 2.33. The van der Waals surface area contributed by atoms with Crippen LogP contribution in [0, 0.1) is 0 Å². The van der Waals surface area contributed by atoms with Gasteiger partial charge in [-0.05, 0) is 49.6 Å². The van der Waals surface area contributed by atoms with E-state index < -0.39 is 0 Å². The number of hydrogen-bond donors (Lipinski definition) is 0. The first-order chi connectivity index (χ1) is 18.7. The number of benzene rings is 2. The number of allylic oxidation sites excluding steroid dienone is 1. The van der Waals surface area contributed by atoms with E-state index in [1.54, 1.807) is 12.1 Å². The lowest BCUT2D eigenvalue weighted by atomic mass is 10.1. The highest BCUT2D eigenvalue weighted by Crippen LogP contribution is 2.35. The van der Waals surface area contributed by atoms with Gasteiger partial charge in [0.05, 0.1) is 27.2 Å². The van der Waals surface area contributed by atoms with Gasteiger partial charge in [-0.25, -0.2) is 0 Å². The van der Waals surface area contributed by atoms with Crippen molar-refractivity contribution >= 4 is 11.7 Å². The van der Waals surface area contributed by atoms with Gasteiger partial charge >= 0.3 is 0 Å². The van der Waals surface area contributed by atoms with Crippen molar-refractivity contribution in [3.05, 3.63) is 66.2 Å². The van der Waals surface area contributed by atoms with Crippen molar-refractivity contribution in [3.63, 3.8) is 0 Å². The van der Waals surface area contributed by atoms with Crippen LogP contribution in [0.4, 0.5) is 0 Å². The van der Waals surface area contributed by atoms with Crippen LogP contribution in [0.2, 0.25) is 0 Å². The summed E-state index contributed by atoms with van der Waals surface area (Å²) in [4.78, 5) is 27.1. The Hall–Kier alpha value is -3.12. The molecule has 1 amide bonds. The number of hydrogen-bond acceptors (Lipinski definition) is 4. The number of likely N-dealkylation sites (N-methyl/N-ethyl adjacent to an activating group) is 1. The van der Waals surface area contributed by atoms with Crippen molar-refractivity contribution < 1.29 is 23.5 Å². The summed E-state index contributed by atoms with van der Waals surface area (Å²) in [7, 11) is 4.23. The Kier molecular flexibility index (Phi) is 13.8. The van der Waals surface area contributed by atoms with Gasteiger partial charge in [-0.2, -0.15) is 0 Å². The number of carbonyl (C=O) groups excluding carboxylic acids is 2. The molecule has 0 unspecified atom stereocenters. The maximum atomic E-state index is 13.1. The minimum Gasteiger partial charge on any atom is -0.489 e. The third-order valence-corrected chi connectivity index (χ3v) is 6.78. The fourth-order valence-electron chi connectivity index (χ4n) is 4.43. The third-order valence-electron chi connectivity index (χ3n) is 6.78. The summed E-state index contributed by atoms with van der Waals surface area (Å²) in [6.07, 6.45) is 8.08. The molecule has 0 aliphatic heterocycles. The molecule has 2 aromatic carbocycles. The lowest BCUT2D eigenvalue weighted by Crippen LogP contribution is -2.49. The maximum Gasteiger partial charge on any atom is 0.277 e. The number of quaternary nitrogens is 1. The van der Waals surface area contributed by atoms with Gasteiger partial charge in [0.2, 0.25) is 0 Å². The average molecular weight is 538 g/mol. The second kappa shape index (κ2) is 16.8. The molecule has 0 saturated heterocycles. The molecule has 6 heteroatoms. The van der Waals surface area contributed by atoms with Crippen LogP contribution >= 0.6 is 0 Å². The van der Waals surface area contributed by atoms with E-state index in [1.165, 1.54) is 0 Å². The number of Topliss-reactive ketones (excluding diaryl/α,β-unsaturated/α-hetero) is 1. The molecule has 0 bridgehead atoms. The molecule has 214 valence electrons. The van der Waals surface area contributed by atoms with Gasteiger partial charge in [-0.3, -0.25) is 9.59 Å². The minimum atomic E-state index is 0.108. The molecule has 0 heterocycles. The second-order valence-electron chi connectivity index (χ2n) is 10.7. The minimum absolute atomic E-state index is 0.108. The number of ketones is 1. The molecule has 0 spiro atoms. The fraction of sp³-hybridized carbons (Fsp3) is 0.515. The van der Waals surface area contributed by atoms with E-state index in [0.717, 1.165) is 57.3 Å². The summed E-state index contributed by atoms with van der Waals surface area (Å²) in [5.41, 5.74) is 1.69. The summed E-state index contributed by atoms with van der Waals surface area (Å²) in [6.45, 7) is 13.6. The van der Waals surface area contributed by atoms with Crippen LogP contribution in [0.3, 0.4) is 0 Å². The monoisotopic (exact) mass is 537 g/mol. The maximum absolute atomic E-state index is 13.1. The number of para-hydroxylation sites is 1. The molecule has 0 saturated carbocycles. The highest BCUT2D eigenvalue weighted by atomic mass is 16.5. The molecule has 2 aromatic rings. The van der Waals surface area contributed by atoms with Crippen molar-refractivity contribution in [3.8, 4) is 17.2 Å². The molecule has 2 rings (SSSR count). The first kappa shape index (κ1) is 32.1. The summed E-state index contributed by atoms with van der Waals surface area (Å²) < 4.78 is 13.1. The van der Waals surface area contributed by atoms with Crippen molar-refractivity contribution in [2.24, 2.45) is 0 Å². The van der Waals surface area contributed by atoms with Crippen molar-refractivity contribution in [2.75, 3.05) is 46.9 Å². The Morgan fingerprint density at radius 1 is 0.949 bits per heavy atom. The zero-order valence-corrected chi connectivity index (χ0v) is 24.8. The predicted octanol–water partition coefficient (Wildman–Crippen LogP) is 7.07. The quantitative estimate of drug-likeness (QED) is 0.0832. The van der Waals surface area contributed by atoms with Crippen LogP contribution in [-0.4, -0.2) is 68.0 Å². The number of amides is 1. The van der Waals surface area contributed by atoms with E-state index >= 15 is 0 Å². The van der Waals surface area contributed by atoms with Gasteiger partial charge in [0, 0.05) is 37.1 Å². The molecule has 0 fully saturated rings. The SMILES string of the molecule is C=CCc1cccc(Oc2ccc(C(=O)CC)cc2)c1OCCC[N+](C)(C)CC(=O)N(CCCC)CCCC. The number of ether oxygens (including phenoxy) is 2. The Labute approximate surface area is 236 Å². The van der Waals surface area contributed by atoms with E-state index in [4.69, 9.17) is 9.47 Å². The fourth-order valence-corrected chi connectivity index (χ4v) is 4.43. The predicted molar refractivity (Wildman–Crippen MR) is 160 cm³/mol. The number of carbonyl (C=O) groups is 2. The lowest BCUT2D eigenvalue weighted by molar-refractivity contribution is -0.882. The van der Waals surface area contributed by atoms with E-state index in [1.807, 2.05) is 48.2 Å². The molecule has 39 heavy (non-hydrogen) atoms. The third kappa shape index (κ3) is 10.9. The first-order valence-electron chi connectivity index (χ1n) is 14.5. The Bertz CT molecular complexity index is 1040.